The first-order valence-corrected chi connectivity index (χ1v) is 5.05. The van der Waals surface area contributed by atoms with Crippen molar-refractivity contribution in [2.45, 2.75) is 6.92 Å². The molecule has 0 aliphatic carbocycles. The number of nitrogen functional groups attached to an aromatic ring is 1. The van der Waals surface area contributed by atoms with Crippen LogP contribution in [0, 0.1) is 18.6 Å². The minimum atomic E-state index is -0.520. The molecule has 17 heavy (non-hydrogen) atoms. The van der Waals surface area contributed by atoms with Gasteiger partial charge in [-0.1, -0.05) is 12.1 Å². The Balaban J connectivity index is 2.34. The smallest absolute Gasteiger partial charge is 0.168 e. The Labute approximate surface area is 97.6 Å². The molecule has 2 rings (SSSR count). The van der Waals surface area contributed by atoms with E-state index in [0.29, 0.717) is 5.56 Å². The molecule has 2 nitrogen and oxygen atoms in total. The molecule has 0 spiro atoms. The summed E-state index contributed by atoms with van der Waals surface area (Å²) in [5.41, 5.74) is 6.16. The molecule has 2 aromatic carbocycles. The maximum atomic E-state index is 13.6. The Kier molecular flexibility index (Phi) is 2.95. The summed E-state index contributed by atoms with van der Waals surface area (Å²) >= 11 is 0. The van der Waals surface area contributed by atoms with Crippen LogP contribution in [-0.2, 0) is 0 Å². The van der Waals surface area contributed by atoms with Gasteiger partial charge in [0.1, 0.15) is 11.6 Å². The third kappa shape index (κ3) is 2.53. The molecule has 4 heteroatoms. The number of hydrogen-bond acceptors (Lipinski definition) is 2. The number of halogens is 2. The van der Waals surface area contributed by atoms with Gasteiger partial charge in [-0.15, -0.1) is 0 Å². The number of ether oxygens (including phenoxy) is 1. The van der Waals surface area contributed by atoms with Gasteiger partial charge in [-0.3, -0.25) is 0 Å². The van der Waals surface area contributed by atoms with E-state index in [4.69, 9.17) is 10.5 Å². The summed E-state index contributed by atoms with van der Waals surface area (Å²) in [5, 5.41) is 0. The fourth-order valence-corrected chi connectivity index (χ4v) is 1.47. The standard InChI is InChI=1S/C13H11F2NO/c1-8-3-2-4-12(13(8)15)17-11-6-9(14)5-10(16)7-11/h2-7H,16H2,1H3. The highest BCUT2D eigenvalue weighted by Gasteiger charge is 2.08. The normalized spacial score (nSPS) is 10.3. The van der Waals surface area contributed by atoms with Gasteiger partial charge in [0, 0.05) is 17.8 Å². The van der Waals surface area contributed by atoms with Gasteiger partial charge in [0.15, 0.2) is 11.6 Å². The number of hydrogen-bond donors (Lipinski definition) is 1. The summed E-state index contributed by atoms with van der Waals surface area (Å²) in [4.78, 5) is 0. The van der Waals surface area contributed by atoms with E-state index >= 15 is 0 Å². The van der Waals surface area contributed by atoms with E-state index in [1.165, 1.54) is 18.2 Å². The lowest BCUT2D eigenvalue weighted by Crippen LogP contribution is -1.93. The van der Waals surface area contributed by atoms with Crippen molar-refractivity contribution in [2.75, 3.05) is 5.73 Å². The van der Waals surface area contributed by atoms with Crippen molar-refractivity contribution in [3.8, 4) is 11.5 Å². The highest BCUT2D eigenvalue weighted by molar-refractivity contribution is 5.46. The zero-order valence-corrected chi connectivity index (χ0v) is 9.21. The van der Waals surface area contributed by atoms with Crippen LogP contribution in [0.4, 0.5) is 14.5 Å². The number of nitrogens with two attached hydrogens (primary N) is 1. The minimum absolute atomic E-state index is 0.0509. The van der Waals surface area contributed by atoms with Gasteiger partial charge >= 0.3 is 0 Å². The van der Waals surface area contributed by atoms with Crippen LogP contribution in [0.2, 0.25) is 0 Å². The van der Waals surface area contributed by atoms with E-state index in [1.54, 1.807) is 19.1 Å². The van der Waals surface area contributed by atoms with Gasteiger partial charge in [0.25, 0.3) is 0 Å². The largest absolute Gasteiger partial charge is 0.454 e. The molecular formula is C13H11F2NO. The van der Waals surface area contributed by atoms with Crippen LogP contribution < -0.4 is 10.5 Å². The Bertz CT molecular complexity index is 535. The quantitative estimate of drug-likeness (QED) is 0.806. The molecular weight excluding hydrogens is 224 g/mol. The van der Waals surface area contributed by atoms with Crippen LogP contribution in [0.15, 0.2) is 36.4 Å². The first-order valence-electron chi connectivity index (χ1n) is 5.05. The molecule has 0 saturated heterocycles. The SMILES string of the molecule is Cc1cccc(Oc2cc(N)cc(F)c2)c1F. The van der Waals surface area contributed by atoms with E-state index in [2.05, 4.69) is 0 Å². The van der Waals surface area contributed by atoms with Gasteiger partial charge < -0.3 is 10.5 Å². The van der Waals surface area contributed by atoms with Crippen LogP contribution in [0.25, 0.3) is 0 Å². The molecule has 0 unspecified atom stereocenters. The lowest BCUT2D eigenvalue weighted by molar-refractivity contribution is 0.437. The van der Waals surface area contributed by atoms with Crippen molar-refractivity contribution in [3.05, 3.63) is 53.6 Å². The predicted octanol–water partition coefficient (Wildman–Crippen LogP) is 3.65. The summed E-state index contributed by atoms with van der Waals surface area (Å²) in [6, 6.07) is 8.52. The second-order valence-corrected chi connectivity index (χ2v) is 3.71. The van der Waals surface area contributed by atoms with Crippen molar-refractivity contribution >= 4 is 5.69 Å². The molecule has 0 bridgehead atoms. The number of benzene rings is 2. The maximum absolute atomic E-state index is 13.6. The average Bonchev–Trinajstić information content (AvgIpc) is 2.23. The van der Waals surface area contributed by atoms with Crippen LogP contribution in [0.3, 0.4) is 0 Å². The van der Waals surface area contributed by atoms with E-state index in [1.807, 2.05) is 0 Å². The molecule has 0 aromatic heterocycles. The molecule has 0 radical (unpaired) electrons. The maximum Gasteiger partial charge on any atom is 0.168 e. The van der Waals surface area contributed by atoms with Crippen molar-refractivity contribution in [1.29, 1.82) is 0 Å². The van der Waals surface area contributed by atoms with Crippen molar-refractivity contribution in [3.63, 3.8) is 0 Å². The average molecular weight is 235 g/mol. The molecule has 2 aromatic rings. The molecule has 0 heterocycles. The van der Waals surface area contributed by atoms with Crippen LogP contribution in [0.5, 0.6) is 11.5 Å². The molecule has 0 aliphatic heterocycles. The lowest BCUT2D eigenvalue weighted by atomic mass is 10.2. The van der Waals surface area contributed by atoms with E-state index in [-0.39, 0.29) is 17.2 Å². The van der Waals surface area contributed by atoms with Gasteiger partial charge in [0.2, 0.25) is 0 Å². The third-order valence-corrected chi connectivity index (χ3v) is 2.28. The zero-order chi connectivity index (χ0) is 12.4. The lowest BCUT2D eigenvalue weighted by Gasteiger charge is -2.08. The number of rotatable bonds is 2. The fraction of sp³-hybridized carbons (Fsp3) is 0.0769. The molecule has 0 aliphatic rings. The summed E-state index contributed by atoms with van der Waals surface area (Å²) in [7, 11) is 0. The molecule has 2 N–H and O–H groups in total. The van der Waals surface area contributed by atoms with Crippen LogP contribution in [-0.4, -0.2) is 0 Å². The minimum Gasteiger partial charge on any atom is -0.454 e. The molecule has 88 valence electrons. The summed E-state index contributed by atoms with van der Waals surface area (Å²) < 4.78 is 32.0. The fourth-order valence-electron chi connectivity index (χ4n) is 1.47. The van der Waals surface area contributed by atoms with Crippen LogP contribution >= 0.6 is 0 Å². The Morgan fingerprint density at radius 2 is 1.88 bits per heavy atom. The Morgan fingerprint density at radius 3 is 2.59 bits per heavy atom. The second kappa shape index (κ2) is 4.41. The zero-order valence-electron chi connectivity index (χ0n) is 9.21. The summed E-state index contributed by atoms with van der Waals surface area (Å²) in [6.45, 7) is 1.63. The molecule has 0 saturated carbocycles. The van der Waals surface area contributed by atoms with Crippen molar-refractivity contribution in [1.82, 2.24) is 0 Å². The predicted molar refractivity (Wildman–Crippen MR) is 62.0 cm³/mol. The highest BCUT2D eigenvalue weighted by Crippen LogP contribution is 2.27. The first kappa shape index (κ1) is 11.4. The second-order valence-electron chi connectivity index (χ2n) is 3.71. The van der Waals surface area contributed by atoms with Gasteiger partial charge in [-0.2, -0.15) is 0 Å². The van der Waals surface area contributed by atoms with Gasteiger partial charge in [0.05, 0.1) is 0 Å². The van der Waals surface area contributed by atoms with Gasteiger partial charge in [-0.25, -0.2) is 8.78 Å². The van der Waals surface area contributed by atoms with Crippen molar-refractivity contribution in [2.24, 2.45) is 0 Å². The van der Waals surface area contributed by atoms with E-state index < -0.39 is 11.6 Å². The number of anilines is 1. The Morgan fingerprint density at radius 1 is 1.12 bits per heavy atom. The third-order valence-electron chi connectivity index (χ3n) is 2.28. The van der Waals surface area contributed by atoms with E-state index in [0.717, 1.165) is 6.07 Å². The van der Waals surface area contributed by atoms with Crippen molar-refractivity contribution < 1.29 is 13.5 Å². The molecule has 0 fully saturated rings. The van der Waals surface area contributed by atoms with Crippen LogP contribution in [0.1, 0.15) is 5.56 Å². The Hall–Kier alpha value is -2.10. The monoisotopic (exact) mass is 235 g/mol. The first-order chi connectivity index (χ1) is 8.06. The van der Waals surface area contributed by atoms with E-state index in [9.17, 15) is 8.78 Å². The summed E-state index contributed by atoms with van der Waals surface area (Å²) in [6.07, 6.45) is 0. The highest BCUT2D eigenvalue weighted by atomic mass is 19.1. The number of aryl methyl sites for hydroxylation is 1. The molecule has 0 amide bonds. The topological polar surface area (TPSA) is 35.2 Å². The van der Waals surface area contributed by atoms with Gasteiger partial charge in [-0.05, 0) is 24.6 Å². The summed E-state index contributed by atoms with van der Waals surface area (Å²) in [5.74, 6) is -0.759. The molecule has 0 atom stereocenters.